The zero-order chi connectivity index (χ0) is 16.4. The molecule has 0 atom stereocenters. The Morgan fingerprint density at radius 1 is 1.08 bits per heavy atom. The van der Waals surface area contributed by atoms with Gasteiger partial charge in [-0.2, -0.15) is 0 Å². The molecule has 120 valence electrons. The fraction of sp³-hybridized carbons (Fsp3) is 0.118. The SMILES string of the molecule is COc1ccc(-c2nnc(CSc3nc4ccccc4[nH]3)o2)cc1. The standard InChI is InChI=1S/C17H14N4O2S/c1-22-12-8-6-11(7-9-12)16-21-20-15(23-16)10-24-17-18-13-4-2-3-5-14(13)19-17/h2-9H,10H2,1H3,(H,18,19). The van der Waals surface area contributed by atoms with Crippen LogP contribution in [0.1, 0.15) is 5.89 Å². The normalized spacial score (nSPS) is 11.0. The molecule has 0 radical (unpaired) electrons. The second kappa shape index (κ2) is 6.37. The van der Waals surface area contributed by atoms with Gasteiger partial charge in [0, 0.05) is 5.56 Å². The lowest BCUT2D eigenvalue weighted by Gasteiger charge is -1.99. The van der Waals surface area contributed by atoms with Crippen LogP contribution < -0.4 is 4.74 Å². The van der Waals surface area contributed by atoms with Crippen molar-refractivity contribution in [2.45, 2.75) is 10.9 Å². The van der Waals surface area contributed by atoms with Crippen LogP contribution in [0, 0.1) is 0 Å². The molecule has 0 saturated carbocycles. The fourth-order valence-corrected chi connectivity index (χ4v) is 3.01. The molecule has 1 N–H and O–H groups in total. The maximum atomic E-state index is 5.71. The number of hydrogen-bond donors (Lipinski definition) is 1. The van der Waals surface area contributed by atoms with Gasteiger partial charge in [-0.15, -0.1) is 10.2 Å². The summed E-state index contributed by atoms with van der Waals surface area (Å²) in [6.07, 6.45) is 0. The van der Waals surface area contributed by atoms with Gasteiger partial charge in [-0.25, -0.2) is 4.98 Å². The van der Waals surface area contributed by atoms with Crippen molar-refractivity contribution >= 4 is 22.8 Å². The van der Waals surface area contributed by atoms with Crippen LogP contribution in [-0.2, 0) is 5.75 Å². The third kappa shape index (κ3) is 2.98. The molecule has 7 heteroatoms. The Morgan fingerprint density at radius 2 is 1.92 bits per heavy atom. The smallest absolute Gasteiger partial charge is 0.247 e. The number of methoxy groups -OCH3 is 1. The molecule has 2 aromatic heterocycles. The molecule has 6 nitrogen and oxygen atoms in total. The zero-order valence-electron chi connectivity index (χ0n) is 12.9. The summed E-state index contributed by atoms with van der Waals surface area (Å²) >= 11 is 1.53. The molecule has 0 bridgehead atoms. The summed E-state index contributed by atoms with van der Waals surface area (Å²) in [7, 11) is 1.63. The zero-order valence-corrected chi connectivity index (χ0v) is 13.7. The van der Waals surface area contributed by atoms with Gasteiger partial charge < -0.3 is 14.1 Å². The predicted octanol–water partition coefficient (Wildman–Crippen LogP) is 3.91. The number of aromatic amines is 1. The van der Waals surface area contributed by atoms with Gasteiger partial charge in [-0.1, -0.05) is 23.9 Å². The van der Waals surface area contributed by atoms with Crippen molar-refractivity contribution in [3.63, 3.8) is 0 Å². The van der Waals surface area contributed by atoms with Crippen molar-refractivity contribution in [1.29, 1.82) is 0 Å². The Kier molecular flexibility index (Phi) is 3.92. The van der Waals surface area contributed by atoms with Crippen molar-refractivity contribution in [2.24, 2.45) is 0 Å². The van der Waals surface area contributed by atoms with E-state index in [2.05, 4.69) is 20.2 Å². The highest BCUT2D eigenvalue weighted by Crippen LogP contribution is 2.25. The molecule has 0 spiro atoms. The minimum absolute atomic E-state index is 0.498. The molecule has 24 heavy (non-hydrogen) atoms. The van der Waals surface area contributed by atoms with Gasteiger partial charge in [0.2, 0.25) is 11.8 Å². The van der Waals surface area contributed by atoms with E-state index in [9.17, 15) is 0 Å². The molecule has 0 unspecified atom stereocenters. The highest BCUT2D eigenvalue weighted by molar-refractivity contribution is 7.98. The number of thioether (sulfide) groups is 1. The summed E-state index contributed by atoms with van der Waals surface area (Å²) in [6, 6.07) is 15.4. The molecule has 0 aliphatic heterocycles. The van der Waals surface area contributed by atoms with Crippen molar-refractivity contribution in [2.75, 3.05) is 7.11 Å². The molecule has 2 heterocycles. The Labute approximate surface area is 142 Å². The third-order valence-corrected chi connectivity index (χ3v) is 4.36. The Hall–Kier alpha value is -2.80. The number of hydrogen-bond acceptors (Lipinski definition) is 6. The van der Waals surface area contributed by atoms with Gasteiger partial charge >= 0.3 is 0 Å². The molecule has 4 rings (SSSR count). The van der Waals surface area contributed by atoms with E-state index in [1.54, 1.807) is 7.11 Å². The molecule has 0 amide bonds. The lowest BCUT2D eigenvalue weighted by Crippen LogP contribution is -1.82. The van der Waals surface area contributed by atoms with Gasteiger partial charge in [-0.05, 0) is 36.4 Å². The largest absolute Gasteiger partial charge is 0.497 e. The van der Waals surface area contributed by atoms with E-state index in [0.717, 1.165) is 27.5 Å². The number of nitrogens with one attached hydrogen (secondary N) is 1. The highest BCUT2D eigenvalue weighted by Gasteiger charge is 2.10. The van der Waals surface area contributed by atoms with Gasteiger partial charge in [0.05, 0.1) is 23.9 Å². The number of imidazole rings is 1. The maximum absolute atomic E-state index is 5.71. The molecule has 2 aromatic carbocycles. The number of aromatic nitrogens is 4. The van der Waals surface area contributed by atoms with Crippen LogP contribution in [0.3, 0.4) is 0 Å². The minimum Gasteiger partial charge on any atom is -0.497 e. The summed E-state index contributed by atoms with van der Waals surface area (Å²) in [6.45, 7) is 0. The molecule has 0 saturated heterocycles. The van der Waals surface area contributed by atoms with Crippen molar-refractivity contribution in [3.8, 4) is 17.2 Å². The van der Waals surface area contributed by atoms with Crippen molar-refractivity contribution < 1.29 is 9.15 Å². The van der Waals surface area contributed by atoms with E-state index < -0.39 is 0 Å². The predicted molar refractivity (Wildman–Crippen MR) is 91.9 cm³/mol. The van der Waals surface area contributed by atoms with E-state index >= 15 is 0 Å². The quantitative estimate of drug-likeness (QED) is 0.556. The first-order chi connectivity index (χ1) is 11.8. The Balaban J connectivity index is 1.46. The first kappa shape index (κ1) is 14.8. The van der Waals surface area contributed by atoms with Crippen LogP contribution in [0.2, 0.25) is 0 Å². The van der Waals surface area contributed by atoms with Gasteiger partial charge in [-0.3, -0.25) is 0 Å². The topological polar surface area (TPSA) is 76.8 Å². The number of nitrogens with zero attached hydrogens (tertiary/aromatic N) is 3. The monoisotopic (exact) mass is 338 g/mol. The highest BCUT2D eigenvalue weighted by atomic mass is 32.2. The molecule has 0 fully saturated rings. The number of rotatable bonds is 5. The Morgan fingerprint density at radius 3 is 2.71 bits per heavy atom. The average molecular weight is 338 g/mol. The van der Waals surface area contributed by atoms with Gasteiger partial charge in [0.25, 0.3) is 0 Å². The molecule has 0 aliphatic carbocycles. The van der Waals surface area contributed by atoms with Crippen LogP contribution in [0.25, 0.3) is 22.5 Å². The number of H-pyrrole nitrogens is 1. The second-order valence-electron chi connectivity index (χ2n) is 5.08. The maximum Gasteiger partial charge on any atom is 0.247 e. The van der Waals surface area contributed by atoms with E-state index in [1.807, 2.05) is 48.5 Å². The van der Waals surface area contributed by atoms with Crippen LogP contribution in [-0.4, -0.2) is 27.3 Å². The van der Waals surface area contributed by atoms with Crippen molar-refractivity contribution in [1.82, 2.24) is 20.2 Å². The van der Waals surface area contributed by atoms with Crippen LogP contribution in [0.5, 0.6) is 5.75 Å². The summed E-state index contributed by atoms with van der Waals surface area (Å²) in [4.78, 5) is 7.78. The molecule has 0 aliphatic rings. The van der Waals surface area contributed by atoms with Crippen LogP contribution >= 0.6 is 11.8 Å². The van der Waals surface area contributed by atoms with E-state index in [4.69, 9.17) is 9.15 Å². The molecule has 4 aromatic rings. The number of benzene rings is 2. The summed E-state index contributed by atoms with van der Waals surface area (Å²) in [5.74, 6) is 2.41. The van der Waals surface area contributed by atoms with Crippen LogP contribution in [0.15, 0.2) is 58.1 Å². The van der Waals surface area contributed by atoms with E-state index in [0.29, 0.717) is 17.5 Å². The minimum atomic E-state index is 0.498. The summed E-state index contributed by atoms with van der Waals surface area (Å²) < 4.78 is 10.9. The summed E-state index contributed by atoms with van der Waals surface area (Å²) in [5.41, 5.74) is 2.83. The third-order valence-electron chi connectivity index (χ3n) is 3.50. The molecular formula is C17H14N4O2S. The van der Waals surface area contributed by atoms with Crippen molar-refractivity contribution in [3.05, 3.63) is 54.4 Å². The Bertz CT molecular complexity index is 929. The first-order valence-electron chi connectivity index (χ1n) is 7.36. The van der Waals surface area contributed by atoms with E-state index in [1.165, 1.54) is 11.8 Å². The summed E-state index contributed by atoms with van der Waals surface area (Å²) in [5, 5.41) is 9.02. The van der Waals surface area contributed by atoms with Crippen LogP contribution in [0.4, 0.5) is 0 Å². The number of para-hydroxylation sites is 2. The number of ether oxygens (including phenoxy) is 1. The van der Waals surface area contributed by atoms with Gasteiger partial charge in [0.1, 0.15) is 5.75 Å². The second-order valence-corrected chi connectivity index (χ2v) is 6.04. The average Bonchev–Trinajstić information content (AvgIpc) is 3.26. The van der Waals surface area contributed by atoms with E-state index in [-0.39, 0.29) is 0 Å². The molecular weight excluding hydrogens is 324 g/mol. The number of fused-ring (bicyclic) bond motifs is 1. The van der Waals surface area contributed by atoms with Gasteiger partial charge in [0.15, 0.2) is 5.16 Å². The lowest BCUT2D eigenvalue weighted by atomic mass is 10.2. The first-order valence-corrected chi connectivity index (χ1v) is 8.35. The fourth-order valence-electron chi connectivity index (χ4n) is 2.29. The lowest BCUT2D eigenvalue weighted by molar-refractivity contribution is 0.415.